The van der Waals surface area contributed by atoms with Crippen LogP contribution < -0.4 is 16.8 Å². The smallest absolute Gasteiger partial charge is 0.344 e. The standard InChI is InChI=1S/C4H5Cl2F2NO2S.C4H5F2NO2S.C2Cl2F4O2S.H3N.O2S.Zn/c5-3(7)1-9-2-12(10,11)4(3,6)8;5-3-1-7-2-10(8,9)4(3)6;3-1(5,6)2(4,7)11(8,9)10;;1-3-2;/h9H,1-2H2;7H,1-2H2;;1H3;;. The van der Waals surface area contributed by atoms with E-state index in [0.717, 1.165) is 0 Å². The average Bonchev–Trinajstić information content (AvgIpc) is 2.64. The van der Waals surface area contributed by atoms with E-state index in [-0.39, 0.29) is 32.2 Å². The van der Waals surface area contributed by atoms with Crippen LogP contribution in [0.15, 0.2) is 11.0 Å². The molecule has 3 atom stereocenters. The molecule has 0 aromatic rings. The molecule has 5 N–H and O–H groups in total. The number of hydrogen-bond donors (Lipinski definition) is 3. The Morgan fingerprint density at radius 3 is 1.55 bits per heavy atom. The van der Waals surface area contributed by atoms with Gasteiger partial charge in [0.05, 0.1) is 13.1 Å². The van der Waals surface area contributed by atoms with Crippen LogP contribution in [0.5, 0.6) is 0 Å². The molecule has 0 aliphatic carbocycles. The van der Waals surface area contributed by atoms with Crippen molar-refractivity contribution in [3.8, 4) is 0 Å². The molecule has 0 spiro atoms. The molecule has 0 aromatic heterocycles. The SMILES string of the molecule is N.O=S(=O)(F)C(F)(Cl)C(F)(F)Cl.O=S1(=O)CNCC(F)(Cl)C1(F)Cl.O=S1(=O)CNCC(F)=C1F.O=S=O.[Zn]. The Bertz CT molecular complexity index is 1180. The van der Waals surface area contributed by atoms with Crippen LogP contribution in [0, 0.1) is 0 Å². The van der Waals surface area contributed by atoms with Crippen molar-refractivity contribution < 1.29 is 87.8 Å². The van der Waals surface area contributed by atoms with Gasteiger partial charge in [-0.15, -0.1) is 3.89 Å². The topological polar surface area (TPSA) is 196 Å². The summed E-state index contributed by atoms with van der Waals surface area (Å²) in [6.07, 6.45) is 0. The van der Waals surface area contributed by atoms with Crippen LogP contribution >= 0.6 is 46.4 Å². The first-order valence-electron chi connectivity index (χ1n) is 7.63. The maximum absolute atomic E-state index is 13.1. The third-order valence-electron chi connectivity index (χ3n) is 3.15. The predicted octanol–water partition coefficient (Wildman–Crippen LogP) is 2.27. The second kappa shape index (κ2) is 16.2. The van der Waals surface area contributed by atoms with Crippen molar-refractivity contribution in [3.63, 3.8) is 0 Å². The Balaban J connectivity index is -0.000000212. The predicted molar refractivity (Wildman–Crippen MR) is 117 cm³/mol. The number of hydrogen-bond acceptors (Lipinski definition) is 11. The summed E-state index contributed by atoms with van der Waals surface area (Å²) in [7, 11) is -14.6. The summed E-state index contributed by atoms with van der Waals surface area (Å²) in [5.41, 5.74) is 0. The van der Waals surface area contributed by atoms with Crippen LogP contribution in [-0.4, -0.2) is 77.9 Å². The van der Waals surface area contributed by atoms with E-state index in [1.54, 1.807) is 0 Å². The van der Waals surface area contributed by atoms with Gasteiger partial charge < -0.3 is 6.15 Å². The van der Waals surface area contributed by atoms with E-state index in [4.69, 9.17) is 31.6 Å². The fraction of sp³-hybridized carbons (Fsp3) is 0.800. The van der Waals surface area contributed by atoms with Crippen molar-refractivity contribution in [1.82, 2.24) is 16.8 Å². The molecule has 2 aliphatic rings. The first kappa shape index (κ1) is 45.5. The summed E-state index contributed by atoms with van der Waals surface area (Å²) < 4.78 is 167. The second-order valence-electron chi connectivity index (χ2n) is 5.79. The van der Waals surface area contributed by atoms with Gasteiger partial charge in [-0.2, -0.15) is 34.4 Å². The molecule has 3 unspecified atom stereocenters. The van der Waals surface area contributed by atoms with Gasteiger partial charge in [-0.1, -0.05) is 34.8 Å². The van der Waals surface area contributed by atoms with E-state index in [2.05, 4.69) is 33.8 Å². The molecule has 0 amide bonds. The Morgan fingerprint density at radius 1 is 0.947 bits per heavy atom. The van der Waals surface area contributed by atoms with E-state index in [0.29, 0.717) is 0 Å². The first-order chi connectivity index (χ1) is 15.7. The zero-order chi connectivity index (χ0) is 29.6. The molecule has 38 heavy (non-hydrogen) atoms. The minimum Gasteiger partial charge on any atom is -0.344 e. The van der Waals surface area contributed by atoms with Gasteiger partial charge in [0.25, 0.3) is 5.13 Å². The average molecular weight is 791 g/mol. The van der Waals surface area contributed by atoms with E-state index in [9.17, 15) is 59.9 Å². The zero-order valence-electron chi connectivity index (χ0n) is 17.7. The van der Waals surface area contributed by atoms with Crippen LogP contribution in [0.4, 0.5) is 34.6 Å². The maximum Gasteiger partial charge on any atom is 0.389 e. The van der Waals surface area contributed by atoms with Gasteiger partial charge in [0.1, 0.15) is 11.8 Å². The third-order valence-corrected chi connectivity index (χ3v) is 9.93. The van der Waals surface area contributed by atoms with Crippen LogP contribution in [0.2, 0.25) is 0 Å². The van der Waals surface area contributed by atoms with Crippen molar-refractivity contribution in [2.45, 2.75) is 19.4 Å². The molecule has 0 radical (unpaired) electrons. The summed E-state index contributed by atoms with van der Waals surface area (Å²) in [5, 5.41) is -5.47. The van der Waals surface area contributed by atoms with Crippen LogP contribution in [0.1, 0.15) is 0 Å². The Hall–Kier alpha value is 0.513. The van der Waals surface area contributed by atoms with Crippen molar-refractivity contribution in [1.29, 1.82) is 0 Å². The quantitative estimate of drug-likeness (QED) is 0.161. The summed E-state index contributed by atoms with van der Waals surface area (Å²) in [5.74, 6) is -2.48. The number of alkyl halides is 9. The van der Waals surface area contributed by atoms with Gasteiger partial charge in [-0.05, 0) is 11.6 Å². The molecule has 28 heteroatoms. The Kier molecular flexibility index (Phi) is 19.4. The molecule has 1 fully saturated rings. The third kappa shape index (κ3) is 12.2. The van der Waals surface area contributed by atoms with Crippen LogP contribution in [0.25, 0.3) is 0 Å². The van der Waals surface area contributed by atoms with E-state index >= 15 is 0 Å². The van der Waals surface area contributed by atoms with Crippen molar-refractivity contribution >= 4 is 87.9 Å². The van der Waals surface area contributed by atoms with Gasteiger partial charge in [-0.3, -0.25) is 10.6 Å². The van der Waals surface area contributed by atoms with E-state index < -0.39 is 90.2 Å². The molecule has 0 saturated carbocycles. The summed E-state index contributed by atoms with van der Waals surface area (Å²) in [6.45, 7) is -0.987. The van der Waals surface area contributed by atoms with Crippen molar-refractivity contribution in [3.05, 3.63) is 11.0 Å². The minimum absolute atomic E-state index is 0. The fourth-order valence-electron chi connectivity index (χ4n) is 1.50. The Labute approximate surface area is 246 Å². The molecule has 0 bridgehead atoms. The summed E-state index contributed by atoms with van der Waals surface area (Å²) >= 11 is 16.9. The van der Waals surface area contributed by atoms with Gasteiger partial charge in [0.2, 0.25) is 24.8 Å². The molecular weight excluding hydrogens is 778 g/mol. The minimum atomic E-state index is -6.24. The van der Waals surface area contributed by atoms with Crippen LogP contribution in [0.3, 0.4) is 0 Å². The molecule has 11 nitrogen and oxygen atoms in total. The molecule has 2 rings (SSSR count). The maximum atomic E-state index is 13.1. The first-order valence-corrected chi connectivity index (χ1v) is 14.5. The molecule has 0 aromatic carbocycles. The summed E-state index contributed by atoms with van der Waals surface area (Å²) in [6, 6.07) is 0. The van der Waals surface area contributed by atoms with Gasteiger partial charge >= 0.3 is 36.1 Å². The monoisotopic (exact) mass is 787 g/mol. The van der Waals surface area contributed by atoms with E-state index in [1.165, 1.54) is 0 Å². The molecule has 226 valence electrons. The second-order valence-corrected chi connectivity index (χ2v) is 13.9. The molecular formula is C10H13Cl4F8N3O8S4Zn. The van der Waals surface area contributed by atoms with Gasteiger partial charge in [-0.25, -0.2) is 30.0 Å². The van der Waals surface area contributed by atoms with Gasteiger partial charge in [0.15, 0.2) is 5.83 Å². The number of sulfone groups is 2. The van der Waals surface area contributed by atoms with E-state index in [1.807, 2.05) is 0 Å². The van der Waals surface area contributed by atoms with Crippen LogP contribution in [-0.2, 0) is 60.9 Å². The molecule has 2 aliphatic heterocycles. The number of halogens is 12. The Morgan fingerprint density at radius 2 is 1.34 bits per heavy atom. The number of rotatable bonds is 2. The van der Waals surface area contributed by atoms with Crippen molar-refractivity contribution in [2.75, 3.05) is 24.8 Å². The van der Waals surface area contributed by atoms with Crippen molar-refractivity contribution in [2.24, 2.45) is 0 Å². The largest absolute Gasteiger partial charge is 0.389 e. The molecule has 1 saturated heterocycles. The van der Waals surface area contributed by atoms with Gasteiger partial charge in [0, 0.05) is 19.5 Å². The molecule has 2 heterocycles. The number of nitrogens with one attached hydrogen (secondary N) is 2. The zero-order valence-corrected chi connectivity index (χ0v) is 26.9. The normalized spacial score (nSPS) is 27.5. The fourth-order valence-corrected chi connectivity index (χ4v) is 4.72. The summed E-state index contributed by atoms with van der Waals surface area (Å²) in [4.78, 5) is 0.